The minimum absolute atomic E-state index is 0. The number of hydrogen-bond acceptors (Lipinski definition) is 2. The molecule has 0 bridgehead atoms. The number of likely N-dealkylation sites (tertiary alicyclic amines) is 1. The Morgan fingerprint density at radius 2 is 1.44 bits per heavy atom. The van der Waals surface area contributed by atoms with Crippen molar-refractivity contribution in [3.05, 3.63) is 71.3 Å². The molecular weight excluding hydrogens is 332 g/mol. The monoisotopic (exact) mass is 356 g/mol. The number of carbonyl (C=O) groups is 1. The van der Waals surface area contributed by atoms with Crippen molar-refractivity contribution < 1.29 is 4.79 Å². The molecule has 2 aliphatic heterocycles. The molecule has 132 valence electrons. The number of fused-ring (bicyclic) bond motifs is 1. The van der Waals surface area contributed by atoms with Crippen LogP contribution in [0.4, 0.5) is 0 Å². The third kappa shape index (κ3) is 4.05. The quantitative estimate of drug-likeness (QED) is 0.833. The lowest BCUT2D eigenvalue weighted by atomic mass is 9.95. The molecule has 25 heavy (non-hydrogen) atoms. The number of piperidine rings is 1. The second-order valence-corrected chi connectivity index (χ2v) is 7.00. The Balaban J connectivity index is 0.00000182. The van der Waals surface area contributed by atoms with Crippen LogP contribution in [0.25, 0.3) is 0 Å². The van der Waals surface area contributed by atoms with E-state index in [1.54, 1.807) is 0 Å². The highest BCUT2D eigenvalue weighted by molar-refractivity contribution is 5.85. The normalized spacial score (nSPS) is 17.8. The van der Waals surface area contributed by atoms with Crippen LogP contribution in [0.5, 0.6) is 0 Å². The second-order valence-electron chi connectivity index (χ2n) is 7.00. The van der Waals surface area contributed by atoms with Crippen molar-refractivity contribution in [2.24, 2.45) is 5.92 Å². The first kappa shape index (κ1) is 18.0. The van der Waals surface area contributed by atoms with E-state index in [-0.39, 0.29) is 18.3 Å². The number of amides is 1. The fourth-order valence-corrected chi connectivity index (χ4v) is 3.93. The third-order valence-electron chi connectivity index (χ3n) is 5.34. The van der Waals surface area contributed by atoms with E-state index < -0.39 is 0 Å². The number of nitrogens with zero attached hydrogens (tertiary/aromatic N) is 2. The summed E-state index contributed by atoms with van der Waals surface area (Å²) in [4.78, 5) is 17.4. The number of benzene rings is 2. The molecule has 0 spiro atoms. The largest absolute Gasteiger partial charge is 0.334 e. The third-order valence-corrected chi connectivity index (χ3v) is 5.34. The molecule has 2 aromatic rings. The van der Waals surface area contributed by atoms with Gasteiger partial charge in [0, 0.05) is 25.6 Å². The SMILES string of the molecule is Cl.O=C(C1CCN(Cc2ccccc2)CC1)N1Cc2ccccc2C1. The molecule has 4 heteroatoms. The van der Waals surface area contributed by atoms with Gasteiger partial charge in [0.15, 0.2) is 0 Å². The average Bonchev–Trinajstić information content (AvgIpc) is 3.07. The molecule has 0 aromatic heterocycles. The van der Waals surface area contributed by atoms with E-state index >= 15 is 0 Å². The van der Waals surface area contributed by atoms with E-state index in [9.17, 15) is 4.79 Å². The molecule has 0 saturated carbocycles. The van der Waals surface area contributed by atoms with Crippen LogP contribution in [0.3, 0.4) is 0 Å². The van der Waals surface area contributed by atoms with E-state index in [2.05, 4.69) is 59.5 Å². The molecule has 3 nitrogen and oxygen atoms in total. The Kier molecular flexibility index (Phi) is 5.77. The first-order chi connectivity index (χ1) is 11.8. The fourth-order valence-electron chi connectivity index (χ4n) is 3.93. The van der Waals surface area contributed by atoms with Gasteiger partial charge in [-0.15, -0.1) is 12.4 Å². The lowest BCUT2D eigenvalue weighted by molar-refractivity contribution is -0.137. The van der Waals surface area contributed by atoms with Crippen LogP contribution in [-0.4, -0.2) is 28.8 Å². The Morgan fingerprint density at radius 3 is 2.04 bits per heavy atom. The Bertz CT molecular complexity index is 686. The molecule has 0 atom stereocenters. The van der Waals surface area contributed by atoms with Crippen molar-refractivity contribution in [3.8, 4) is 0 Å². The van der Waals surface area contributed by atoms with Gasteiger partial charge in [-0.25, -0.2) is 0 Å². The minimum atomic E-state index is 0. The lowest BCUT2D eigenvalue weighted by Gasteiger charge is -2.33. The Morgan fingerprint density at radius 1 is 0.880 bits per heavy atom. The summed E-state index contributed by atoms with van der Waals surface area (Å²) in [5.74, 6) is 0.553. The predicted octanol–water partition coefficient (Wildman–Crippen LogP) is 3.86. The van der Waals surface area contributed by atoms with Crippen LogP contribution in [0, 0.1) is 5.92 Å². The number of hydrogen-bond donors (Lipinski definition) is 0. The first-order valence-electron chi connectivity index (χ1n) is 8.91. The lowest BCUT2D eigenvalue weighted by Crippen LogP contribution is -2.40. The van der Waals surface area contributed by atoms with E-state index in [0.29, 0.717) is 5.91 Å². The van der Waals surface area contributed by atoms with Crippen LogP contribution >= 0.6 is 12.4 Å². The van der Waals surface area contributed by atoms with Crippen molar-refractivity contribution in [1.82, 2.24) is 9.80 Å². The summed E-state index contributed by atoms with van der Waals surface area (Å²) >= 11 is 0. The molecular formula is C21H25ClN2O. The molecule has 1 fully saturated rings. The van der Waals surface area contributed by atoms with Gasteiger partial charge in [-0.1, -0.05) is 54.6 Å². The molecule has 1 amide bonds. The van der Waals surface area contributed by atoms with Crippen LogP contribution in [0.15, 0.2) is 54.6 Å². The predicted molar refractivity (Wildman–Crippen MR) is 102 cm³/mol. The van der Waals surface area contributed by atoms with Gasteiger partial charge in [0.2, 0.25) is 5.91 Å². The van der Waals surface area contributed by atoms with Crippen molar-refractivity contribution in [1.29, 1.82) is 0 Å². The van der Waals surface area contributed by atoms with Gasteiger partial charge in [-0.2, -0.15) is 0 Å². The van der Waals surface area contributed by atoms with Crippen molar-refractivity contribution in [2.75, 3.05) is 13.1 Å². The van der Waals surface area contributed by atoms with Crippen LogP contribution in [0.2, 0.25) is 0 Å². The highest BCUT2D eigenvalue weighted by Crippen LogP contribution is 2.27. The molecule has 0 radical (unpaired) electrons. The number of rotatable bonds is 3. The summed E-state index contributed by atoms with van der Waals surface area (Å²) in [5.41, 5.74) is 3.98. The molecule has 2 aliphatic rings. The van der Waals surface area contributed by atoms with Crippen molar-refractivity contribution in [3.63, 3.8) is 0 Å². The topological polar surface area (TPSA) is 23.6 Å². The Hall–Kier alpha value is -1.84. The standard InChI is InChI=1S/C21H24N2O.ClH/c24-21(23-15-19-8-4-5-9-20(19)16-23)18-10-12-22(13-11-18)14-17-6-2-1-3-7-17;/h1-9,18H,10-16H2;1H. The van der Waals surface area contributed by atoms with Gasteiger partial charge in [0.25, 0.3) is 0 Å². The summed E-state index contributed by atoms with van der Waals surface area (Å²) in [6.45, 7) is 4.62. The first-order valence-corrected chi connectivity index (χ1v) is 8.91. The van der Waals surface area contributed by atoms with Crippen LogP contribution in [0.1, 0.15) is 29.5 Å². The molecule has 1 saturated heterocycles. The zero-order valence-corrected chi connectivity index (χ0v) is 15.3. The van der Waals surface area contributed by atoms with Crippen LogP contribution < -0.4 is 0 Å². The molecule has 2 aromatic carbocycles. The summed E-state index contributed by atoms with van der Waals surface area (Å²) in [6.07, 6.45) is 1.97. The summed E-state index contributed by atoms with van der Waals surface area (Å²) in [6, 6.07) is 19.0. The van der Waals surface area contributed by atoms with Gasteiger partial charge in [-0.05, 0) is 42.6 Å². The smallest absolute Gasteiger partial charge is 0.226 e. The fraction of sp³-hybridized carbons (Fsp3) is 0.381. The van der Waals surface area contributed by atoms with E-state index in [4.69, 9.17) is 0 Å². The maximum Gasteiger partial charge on any atom is 0.226 e. The molecule has 2 heterocycles. The molecule has 0 N–H and O–H groups in total. The van der Waals surface area contributed by atoms with Gasteiger partial charge < -0.3 is 4.90 Å². The maximum atomic E-state index is 12.8. The van der Waals surface area contributed by atoms with Gasteiger partial charge in [0.05, 0.1) is 0 Å². The highest BCUT2D eigenvalue weighted by Gasteiger charge is 2.31. The van der Waals surface area contributed by atoms with Gasteiger partial charge in [0.1, 0.15) is 0 Å². The number of halogens is 1. The van der Waals surface area contributed by atoms with Crippen molar-refractivity contribution >= 4 is 18.3 Å². The minimum Gasteiger partial charge on any atom is -0.334 e. The zero-order valence-electron chi connectivity index (χ0n) is 14.4. The summed E-state index contributed by atoms with van der Waals surface area (Å²) in [7, 11) is 0. The van der Waals surface area contributed by atoms with Crippen LogP contribution in [-0.2, 0) is 24.4 Å². The maximum absolute atomic E-state index is 12.8. The summed E-state index contributed by atoms with van der Waals surface area (Å²) in [5, 5.41) is 0. The zero-order chi connectivity index (χ0) is 16.4. The molecule has 0 aliphatic carbocycles. The second kappa shape index (κ2) is 8.03. The van der Waals surface area contributed by atoms with Crippen molar-refractivity contribution in [2.45, 2.75) is 32.5 Å². The average molecular weight is 357 g/mol. The molecule has 0 unspecified atom stereocenters. The highest BCUT2D eigenvalue weighted by atomic mass is 35.5. The number of carbonyl (C=O) groups excluding carboxylic acids is 1. The van der Waals surface area contributed by atoms with Gasteiger partial charge >= 0.3 is 0 Å². The Labute approximate surface area is 156 Å². The summed E-state index contributed by atoms with van der Waals surface area (Å²) < 4.78 is 0. The van der Waals surface area contributed by atoms with Gasteiger partial charge in [-0.3, -0.25) is 9.69 Å². The van der Waals surface area contributed by atoms with E-state index in [1.165, 1.54) is 16.7 Å². The van der Waals surface area contributed by atoms with E-state index in [1.807, 2.05) is 4.90 Å². The van der Waals surface area contributed by atoms with E-state index in [0.717, 1.165) is 45.6 Å². The molecule has 4 rings (SSSR count).